The van der Waals surface area contributed by atoms with Crippen LogP contribution < -0.4 is 9.47 Å². The molecule has 0 heterocycles. The molecule has 0 saturated carbocycles. The molecular formula is C22H34O4. The van der Waals surface area contributed by atoms with Gasteiger partial charge in [0.1, 0.15) is 0 Å². The zero-order chi connectivity index (χ0) is 19.4. The van der Waals surface area contributed by atoms with Gasteiger partial charge in [-0.1, -0.05) is 78.4 Å². The number of esters is 2. The Bertz CT molecular complexity index is 558. The van der Waals surface area contributed by atoms with Crippen molar-refractivity contribution < 1.29 is 19.1 Å². The van der Waals surface area contributed by atoms with E-state index in [9.17, 15) is 9.59 Å². The molecule has 4 nitrogen and oxygen atoms in total. The summed E-state index contributed by atoms with van der Waals surface area (Å²) >= 11 is 0. The number of rotatable bonds is 11. The van der Waals surface area contributed by atoms with Gasteiger partial charge in [0.05, 0.1) is 6.42 Å². The maximum atomic E-state index is 12.1. The molecule has 0 aliphatic carbocycles. The zero-order valence-corrected chi connectivity index (χ0v) is 16.8. The van der Waals surface area contributed by atoms with Crippen molar-refractivity contribution in [3.05, 3.63) is 24.3 Å². The summed E-state index contributed by atoms with van der Waals surface area (Å²) in [6.07, 6.45) is 8.75. The van der Waals surface area contributed by atoms with E-state index in [4.69, 9.17) is 9.47 Å². The Morgan fingerprint density at radius 1 is 0.808 bits per heavy atom. The van der Waals surface area contributed by atoms with Crippen molar-refractivity contribution in [1.29, 1.82) is 0 Å². The second-order valence-corrected chi connectivity index (χ2v) is 8.00. The topological polar surface area (TPSA) is 52.6 Å². The summed E-state index contributed by atoms with van der Waals surface area (Å²) in [5, 5.41) is 0. The molecule has 0 amide bonds. The molecule has 1 rings (SSSR count). The summed E-state index contributed by atoms with van der Waals surface area (Å²) in [7, 11) is 0. The van der Waals surface area contributed by atoms with E-state index < -0.39 is 0 Å². The van der Waals surface area contributed by atoms with Gasteiger partial charge in [-0.25, -0.2) is 0 Å². The van der Waals surface area contributed by atoms with Crippen LogP contribution in [0.5, 0.6) is 11.5 Å². The molecule has 0 bridgehead atoms. The maximum absolute atomic E-state index is 12.1. The van der Waals surface area contributed by atoms with Crippen LogP contribution in [0.3, 0.4) is 0 Å². The van der Waals surface area contributed by atoms with E-state index >= 15 is 0 Å². The molecule has 0 aliphatic heterocycles. The van der Waals surface area contributed by atoms with Crippen LogP contribution in [0.15, 0.2) is 24.3 Å². The molecule has 1 aromatic carbocycles. The van der Waals surface area contributed by atoms with E-state index in [1.807, 2.05) is 20.8 Å². The van der Waals surface area contributed by atoms with Crippen molar-refractivity contribution in [2.45, 2.75) is 85.5 Å². The highest BCUT2D eigenvalue weighted by Crippen LogP contribution is 2.29. The molecule has 0 aliphatic rings. The molecule has 0 saturated heterocycles. The predicted molar refractivity (Wildman–Crippen MR) is 104 cm³/mol. The summed E-state index contributed by atoms with van der Waals surface area (Å²) in [5.74, 6) is 0.00308. The summed E-state index contributed by atoms with van der Waals surface area (Å²) in [6, 6.07) is 6.82. The minimum atomic E-state index is -0.326. The van der Waals surface area contributed by atoms with E-state index in [1.54, 1.807) is 24.3 Å². The van der Waals surface area contributed by atoms with Gasteiger partial charge in [-0.2, -0.15) is 0 Å². The van der Waals surface area contributed by atoms with Gasteiger partial charge in [-0.15, -0.1) is 0 Å². The van der Waals surface area contributed by atoms with Gasteiger partial charge in [-0.3, -0.25) is 9.59 Å². The third kappa shape index (κ3) is 10.2. The van der Waals surface area contributed by atoms with Crippen LogP contribution in [0, 0.1) is 5.41 Å². The second-order valence-electron chi connectivity index (χ2n) is 8.00. The Labute approximate surface area is 158 Å². The molecule has 4 heteroatoms. The van der Waals surface area contributed by atoms with Gasteiger partial charge in [0.15, 0.2) is 11.5 Å². The number of carbonyl (C=O) groups is 2. The monoisotopic (exact) mass is 362 g/mol. The highest BCUT2D eigenvalue weighted by atomic mass is 16.6. The predicted octanol–water partition coefficient (Wildman–Crippen LogP) is 6.07. The lowest BCUT2D eigenvalue weighted by Crippen LogP contribution is -2.18. The molecule has 0 unspecified atom stereocenters. The first-order chi connectivity index (χ1) is 12.3. The Hall–Kier alpha value is -1.84. The summed E-state index contributed by atoms with van der Waals surface area (Å²) < 4.78 is 10.8. The lowest BCUT2D eigenvalue weighted by Gasteiger charge is -2.17. The minimum Gasteiger partial charge on any atom is -0.423 e. The molecule has 0 fully saturated rings. The van der Waals surface area contributed by atoms with Crippen LogP contribution in [-0.2, 0) is 9.59 Å². The molecular weight excluding hydrogens is 328 g/mol. The number of ether oxygens (including phenoxy) is 2. The van der Waals surface area contributed by atoms with E-state index in [2.05, 4.69) is 6.92 Å². The van der Waals surface area contributed by atoms with Crippen LogP contribution in [-0.4, -0.2) is 11.9 Å². The normalized spacial score (nSPS) is 11.2. The summed E-state index contributed by atoms with van der Waals surface area (Å²) in [6.45, 7) is 8.13. The lowest BCUT2D eigenvalue weighted by molar-refractivity contribution is -0.138. The van der Waals surface area contributed by atoms with Crippen LogP contribution in [0.4, 0.5) is 0 Å². The third-order valence-corrected chi connectivity index (χ3v) is 3.96. The van der Waals surface area contributed by atoms with Crippen molar-refractivity contribution in [1.82, 2.24) is 0 Å². The van der Waals surface area contributed by atoms with Crippen LogP contribution in [0.25, 0.3) is 0 Å². The Balaban J connectivity index is 2.42. The Morgan fingerprint density at radius 3 is 1.85 bits per heavy atom. The molecule has 0 N–H and O–H groups in total. The lowest BCUT2D eigenvalue weighted by atomic mass is 9.92. The summed E-state index contributed by atoms with van der Waals surface area (Å²) in [5.41, 5.74) is -0.153. The van der Waals surface area contributed by atoms with Gasteiger partial charge in [0.25, 0.3) is 0 Å². The van der Waals surface area contributed by atoms with Gasteiger partial charge < -0.3 is 9.47 Å². The largest absolute Gasteiger partial charge is 0.423 e. The van der Waals surface area contributed by atoms with Crippen LogP contribution in [0.2, 0.25) is 0 Å². The fraction of sp³-hybridized carbons (Fsp3) is 0.636. The number of carbonyl (C=O) groups excluding carboxylic acids is 2. The van der Waals surface area contributed by atoms with Crippen molar-refractivity contribution in [3.63, 3.8) is 0 Å². The number of hydrogen-bond donors (Lipinski definition) is 0. The highest BCUT2D eigenvalue weighted by Gasteiger charge is 2.19. The number of benzene rings is 1. The van der Waals surface area contributed by atoms with Gasteiger partial charge in [0, 0.05) is 6.42 Å². The van der Waals surface area contributed by atoms with E-state index in [0.717, 1.165) is 19.3 Å². The molecule has 1 aromatic rings. The zero-order valence-electron chi connectivity index (χ0n) is 16.8. The fourth-order valence-corrected chi connectivity index (χ4v) is 2.61. The Kier molecular flexibility index (Phi) is 10.0. The van der Waals surface area contributed by atoms with Crippen molar-refractivity contribution in [2.24, 2.45) is 5.41 Å². The quantitative estimate of drug-likeness (QED) is 0.272. The van der Waals surface area contributed by atoms with Crippen LogP contribution >= 0.6 is 0 Å². The van der Waals surface area contributed by atoms with Gasteiger partial charge >= 0.3 is 11.9 Å². The number of hydrogen-bond acceptors (Lipinski definition) is 4. The first-order valence-electron chi connectivity index (χ1n) is 9.82. The van der Waals surface area contributed by atoms with Crippen LogP contribution in [0.1, 0.15) is 85.5 Å². The van der Waals surface area contributed by atoms with E-state index in [0.29, 0.717) is 24.3 Å². The highest BCUT2D eigenvalue weighted by molar-refractivity contribution is 5.76. The first-order valence-corrected chi connectivity index (χ1v) is 9.82. The molecule has 0 atom stereocenters. The smallest absolute Gasteiger partial charge is 0.311 e. The minimum absolute atomic E-state index is 0.153. The number of unbranched alkanes of at least 4 members (excludes halogenated alkanes) is 6. The van der Waals surface area contributed by atoms with Crippen molar-refractivity contribution in [2.75, 3.05) is 0 Å². The summed E-state index contributed by atoms with van der Waals surface area (Å²) in [4.78, 5) is 24.1. The third-order valence-electron chi connectivity index (χ3n) is 3.96. The fourth-order valence-electron chi connectivity index (χ4n) is 2.61. The number of para-hydroxylation sites is 2. The first kappa shape index (κ1) is 22.2. The second kappa shape index (κ2) is 11.7. The van der Waals surface area contributed by atoms with Gasteiger partial charge in [0.2, 0.25) is 0 Å². The molecule has 0 aromatic heterocycles. The molecule has 0 radical (unpaired) electrons. The molecule has 146 valence electrons. The standard InChI is InChI=1S/C22H34O4/c1-5-6-7-8-9-10-11-16-20(23)25-18-14-12-13-15-19(18)26-21(24)17-22(2,3)4/h12-15H,5-11,16-17H2,1-4H3. The molecule has 0 spiro atoms. The van der Waals surface area contributed by atoms with Crippen molar-refractivity contribution in [3.8, 4) is 11.5 Å². The average Bonchev–Trinajstić information content (AvgIpc) is 2.54. The van der Waals surface area contributed by atoms with E-state index in [-0.39, 0.29) is 17.4 Å². The van der Waals surface area contributed by atoms with E-state index in [1.165, 1.54) is 25.7 Å². The maximum Gasteiger partial charge on any atom is 0.311 e. The molecule has 26 heavy (non-hydrogen) atoms. The van der Waals surface area contributed by atoms with Gasteiger partial charge in [-0.05, 0) is 24.0 Å². The Morgan fingerprint density at radius 2 is 1.31 bits per heavy atom. The average molecular weight is 363 g/mol. The van der Waals surface area contributed by atoms with Crippen molar-refractivity contribution >= 4 is 11.9 Å². The SMILES string of the molecule is CCCCCCCCCC(=O)Oc1ccccc1OC(=O)CC(C)(C)C.